The first-order valence-corrected chi connectivity index (χ1v) is 8.08. The van der Waals surface area contributed by atoms with E-state index in [9.17, 15) is 5.11 Å². The molecule has 2 aromatic rings. The van der Waals surface area contributed by atoms with E-state index in [1.165, 1.54) is 17.7 Å². The van der Waals surface area contributed by atoms with Gasteiger partial charge in [0.1, 0.15) is 5.75 Å². The Morgan fingerprint density at radius 1 is 1.29 bits per heavy atom. The van der Waals surface area contributed by atoms with Gasteiger partial charge in [-0.2, -0.15) is 0 Å². The molecular weight excluding hydrogens is 286 g/mol. The lowest BCUT2D eigenvalue weighted by atomic mass is 10.1. The van der Waals surface area contributed by atoms with E-state index in [-0.39, 0.29) is 12.5 Å². The van der Waals surface area contributed by atoms with Gasteiger partial charge in [-0.15, -0.1) is 11.3 Å². The number of rotatable bonds is 3. The van der Waals surface area contributed by atoms with Crippen LogP contribution < -0.4 is 9.47 Å². The third kappa shape index (κ3) is 2.36. The molecule has 2 aliphatic heterocycles. The molecule has 0 saturated carbocycles. The van der Waals surface area contributed by atoms with E-state index in [4.69, 9.17) is 9.47 Å². The number of likely N-dealkylation sites (tertiary alicyclic amines) is 1. The fourth-order valence-electron chi connectivity index (χ4n) is 3.14. The number of hydrogen-bond acceptors (Lipinski definition) is 5. The van der Waals surface area contributed by atoms with Crippen LogP contribution >= 0.6 is 11.3 Å². The number of phenolic OH excluding ortho intramolecular Hbond substituents is 1. The monoisotopic (exact) mass is 303 g/mol. The third-order valence-electron chi connectivity index (χ3n) is 4.18. The summed E-state index contributed by atoms with van der Waals surface area (Å²) in [5.41, 5.74) is 0.905. The van der Waals surface area contributed by atoms with Crippen molar-refractivity contribution in [3.8, 4) is 17.2 Å². The summed E-state index contributed by atoms with van der Waals surface area (Å²) < 4.78 is 10.7. The largest absolute Gasteiger partial charge is 0.507 e. The zero-order valence-corrected chi connectivity index (χ0v) is 12.4. The average molecular weight is 303 g/mol. The van der Waals surface area contributed by atoms with E-state index >= 15 is 0 Å². The van der Waals surface area contributed by atoms with Crippen LogP contribution in [0.4, 0.5) is 0 Å². The second-order valence-electron chi connectivity index (χ2n) is 5.48. The van der Waals surface area contributed by atoms with Crippen LogP contribution in [-0.4, -0.2) is 23.3 Å². The van der Waals surface area contributed by atoms with Crippen molar-refractivity contribution in [3.63, 3.8) is 0 Å². The van der Waals surface area contributed by atoms with Crippen LogP contribution in [0.2, 0.25) is 0 Å². The predicted molar refractivity (Wildman–Crippen MR) is 80.9 cm³/mol. The van der Waals surface area contributed by atoms with E-state index in [1.807, 2.05) is 17.4 Å². The molecule has 2 aliphatic rings. The van der Waals surface area contributed by atoms with Crippen LogP contribution in [0.25, 0.3) is 0 Å². The minimum Gasteiger partial charge on any atom is -0.507 e. The maximum Gasteiger partial charge on any atom is 0.231 e. The maximum atomic E-state index is 10.2. The second-order valence-corrected chi connectivity index (χ2v) is 6.46. The lowest BCUT2D eigenvalue weighted by molar-refractivity contribution is 0.173. The van der Waals surface area contributed by atoms with Crippen molar-refractivity contribution in [2.75, 3.05) is 13.3 Å². The number of fused-ring (bicyclic) bond motifs is 1. The van der Waals surface area contributed by atoms with E-state index in [1.54, 1.807) is 6.07 Å². The van der Waals surface area contributed by atoms with Crippen LogP contribution in [0.1, 0.15) is 29.3 Å². The smallest absolute Gasteiger partial charge is 0.231 e. The molecule has 0 bridgehead atoms. The molecule has 0 aliphatic carbocycles. The molecule has 0 radical (unpaired) electrons. The highest BCUT2D eigenvalue weighted by molar-refractivity contribution is 7.10. The van der Waals surface area contributed by atoms with Gasteiger partial charge in [-0.1, -0.05) is 6.07 Å². The van der Waals surface area contributed by atoms with Gasteiger partial charge in [0, 0.05) is 29.1 Å². The van der Waals surface area contributed by atoms with Crippen LogP contribution in [0, 0.1) is 0 Å². The zero-order valence-electron chi connectivity index (χ0n) is 11.6. The molecule has 4 nitrogen and oxygen atoms in total. The van der Waals surface area contributed by atoms with E-state index in [2.05, 4.69) is 22.4 Å². The second kappa shape index (κ2) is 5.24. The van der Waals surface area contributed by atoms with Crippen molar-refractivity contribution >= 4 is 11.3 Å². The van der Waals surface area contributed by atoms with Crippen molar-refractivity contribution < 1.29 is 14.6 Å². The van der Waals surface area contributed by atoms with Gasteiger partial charge in [-0.05, 0) is 36.9 Å². The molecule has 0 amide bonds. The first-order valence-electron chi connectivity index (χ1n) is 7.20. The Morgan fingerprint density at radius 2 is 2.14 bits per heavy atom. The van der Waals surface area contributed by atoms with E-state index in [0.29, 0.717) is 11.8 Å². The Morgan fingerprint density at radius 3 is 2.95 bits per heavy atom. The van der Waals surface area contributed by atoms with Gasteiger partial charge in [0.2, 0.25) is 6.79 Å². The summed E-state index contributed by atoms with van der Waals surface area (Å²) in [7, 11) is 0. The van der Waals surface area contributed by atoms with Crippen molar-refractivity contribution in [1.29, 1.82) is 0 Å². The summed E-state index contributed by atoms with van der Waals surface area (Å²) in [6, 6.07) is 8.34. The molecule has 1 fully saturated rings. The average Bonchev–Trinajstić information content (AvgIpc) is 3.18. The number of phenols is 1. The highest BCUT2D eigenvalue weighted by Gasteiger charge is 2.28. The number of benzene rings is 1. The Hall–Kier alpha value is -1.72. The fraction of sp³-hybridized carbons (Fsp3) is 0.375. The molecule has 21 heavy (non-hydrogen) atoms. The van der Waals surface area contributed by atoms with Crippen molar-refractivity contribution in [2.45, 2.75) is 25.4 Å². The molecule has 3 heterocycles. The third-order valence-corrected chi connectivity index (χ3v) is 5.16. The summed E-state index contributed by atoms with van der Waals surface area (Å²) in [6.45, 7) is 2.04. The highest BCUT2D eigenvalue weighted by atomic mass is 32.1. The van der Waals surface area contributed by atoms with Gasteiger partial charge >= 0.3 is 0 Å². The zero-order chi connectivity index (χ0) is 14.2. The number of ether oxygens (including phenoxy) is 2. The summed E-state index contributed by atoms with van der Waals surface area (Å²) >= 11 is 1.81. The van der Waals surface area contributed by atoms with Crippen LogP contribution in [0.15, 0.2) is 29.6 Å². The summed E-state index contributed by atoms with van der Waals surface area (Å²) in [5, 5.41) is 12.3. The van der Waals surface area contributed by atoms with Gasteiger partial charge in [0.25, 0.3) is 0 Å². The Bertz CT molecular complexity index is 641. The lowest BCUT2D eigenvalue weighted by Gasteiger charge is -2.24. The van der Waals surface area contributed by atoms with Gasteiger partial charge in [0.05, 0.1) is 0 Å². The first-order chi connectivity index (χ1) is 10.3. The summed E-state index contributed by atoms with van der Waals surface area (Å²) in [5.74, 6) is 1.65. The molecule has 1 aromatic heterocycles. The number of thiophene rings is 1. The minimum atomic E-state index is 0.236. The van der Waals surface area contributed by atoms with Gasteiger partial charge in [-0.3, -0.25) is 4.90 Å². The molecule has 1 aromatic carbocycles. The maximum absolute atomic E-state index is 10.2. The fourth-order valence-corrected chi connectivity index (χ4v) is 4.03. The molecule has 1 atom stereocenters. The topological polar surface area (TPSA) is 41.9 Å². The number of nitrogens with zero attached hydrogens (tertiary/aromatic N) is 1. The Kier molecular flexibility index (Phi) is 3.24. The minimum absolute atomic E-state index is 0.236. The van der Waals surface area contributed by atoms with Crippen molar-refractivity contribution in [3.05, 3.63) is 40.1 Å². The van der Waals surface area contributed by atoms with Crippen molar-refractivity contribution in [1.82, 2.24) is 4.90 Å². The summed E-state index contributed by atoms with van der Waals surface area (Å²) in [4.78, 5) is 3.84. The molecule has 4 rings (SSSR count). The quantitative estimate of drug-likeness (QED) is 0.942. The van der Waals surface area contributed by atoms with Gasteiger partial charge in [-0.25, -0.2) is 0 Å². The van der Waals surface area contributed by atoms with Crippen molar-refractivity contribution in [2.24, 2.45) is 0 Å². The molecule has 0 spiro atoms. The summed E-state index contributed by atoms with van der Waals surface area (Å²) in [6.07, 6.45) is 2.39. The van der Waals surface area contributed by atoms with E-state index < -0.39 is 0 Å². The van der Waals surface area contributed by atoms with E-state index in [0.717, 1.165) is 24.4 Å². The molecule has 1 N–H and O–H groups in total. The number of aromatic hydroxyl groups is 1. The van der Waals surface area contributed by atoms with Gasteiger partial charge in [0.15, 0.2) is 11.5 Å². The number of hydrogen-bond donors (Lipinski definition) is 1. The van der Waals surface area contributed by atoms with Crippen LogP contribution in [-0.2, 0) is 6.54 Å². The Labute approximate surface area is 127 Å². The Balaban J connectivity index is 1.58. The molecule has 0 unspecified atom stereocenters. The lowest BCUT2D eigenvalue weighted by Crippen LogP contribution is -2.22. The molecule has 110 valence electrons. The normalized spacial score (nSPS) is 21.0. The van der Waals surface area contributed by atoms with Crippen LogP contribution in [0.3, 0.4) is 0 Å². The molecule has 5 heteroatoms. The van der Waals surface area contributed by atoms with Gasteiger partial charge < -0.3 is 14.6 Å². The SMILES string of the molecule is Oc1cc2c(cc1CN1CCC[C@H]1c1cccs1)OCO2. The van der Waals surface area contributed by atoms with Crippen LogP contribution in [0.5, 0.6) is 17.2 Å². The first kappa shape index (κ1) is 13.0. The highest BCUT2D eigenvalue weighted by Crippen LogP contribution is 2.40. The molecule has 1 saturated heterocycles. The standard InChI is InChI=1S/C16H17NO3S/c18-13-8-15-14(19-10-20-15)7-11(13)9-17-5-1-3-12(17)16-4-2-6-21-16/h2,4,6-8,12,18H,1,3,5,9-10H2/t12-/m0/s1. The predicted octanol–water partition coefficient (Wildman–Crippen LogP) is 3.52. The molecular formula is C16H17NO3S.